The van der Waals surface area contributed by atoms with Gasteiger partial charge in [-0.15, -0.1) is 0 Å². The van der Waals surface area contributed by atoms with E-state index >= 15 is 0 Å². The summed E-state index contributed by atoms with van der Waals surface area (Å²) in [4.78, 5) is 0. The molecular formula is C25H38F2O. The van der Waals surface area contributed by atoms with Crippen LogP contribution in [0.15, 0.2) is 12.1 Å². The van der Waals surface area contributed by atoms with E-state index in [9.17, 15) is 8.78 Å². The summed E-state index contributed by atoms with van der Waals surface area (Å²) in [6, 6.07) is 3.43. The summed E-state index contributed by atoms with van der Waals surface area (Å²) >= 11 is 0. The molecule has 0 radical (unpaired) electrons. The van der Waals surface area contributed by atoms with Crippen LogP contribution in [0.4, 0.5) is 8.78 Å². The molecule has 0 saturated heterocycles. The molecule has 0 aliphatic heterocycles. The highest BCUT2D eigenvalue weighted by molar-refractivity contribution is 5.32. The standard InChI is InChI=1S/C25H38F2O/c1-3-4-7-12-19-17-18-22(24(27)23(19)26)28-25(2,20-13-8-5-9-14-20)21-15-10-6-11-16-21/h17-18,20-21H,3-16H2,1-2H3. The Bertz CT molecular complexity index is 597. The molecule has 2 aliphatic rings. The molecule has 28 heavy (non-hydrogen) atoms. The van der Waals surface area contributed by atoms with Gasteiger partial charge in [0.15, 0.2) is 11.6 Å². The first-order chi connectivity index (χ1) is 13.6. The van der Waals surface area contributed by atoms with Gasteiger partial charge in [0.1, 0.15) is 5.60 Å². The van der Waals surface area contributed by atoms with Crippen LogP contribution in [0.5, 0.6) is 5.75 Å². The molecule has 3 heteroatoms. The molecule has 1 aromatic rings. The lowest BCUT2D eigenvalue weighted by Gasteiger charge is -2.46. The highest BCUT2D eigenvalue weighted by Gasteiger charge is 2.44. The molecule has 0 bridgehead atoms. The lowest BCUT2D eigenvalue weighted by molar-refractivity contribution is -0.0570. The van der Waals surface area contributed by atoms with Crippen molar-refractivity contribution in [3.8, 4) is 5.75 Å². The zero-order valence-corrected chi connectivity index (χ0v) is 17.9. The summed E-state index contributed by atoms with van der Waals surface area (Å²) in [5, 5.41) is 0. The van der Waals surface area contributed by atoms with E-state index in [2.05, 4.69) is 13.8 Å². The molecular weight excluding hydrogens is 354 g/mol. The molecule has 0 amide bonds. The fourth-order valence-electron chi connectivity index (χ4n) is 5.50. The molecule has 0 spiro atoms. The molecule has 0 aromatic heterocycles. The molecule has 0 N–H and O–H groups in total. The fourth-order valence-corrected chi connectivity index (χ4v) is 5.50. The highest BCUT2D eigenvalue weighted by Crippen LogP contribution is 2.45. The van der Waals surface area contributed by atoms with Crippen LogP contribution in [0, 0.1) is 23.5 Å². The van der Waals surface area contributed by atoms with Crippen LogP contribution in [0.1, 0.15) is 103 Å². The summed E-state index contributed by atoms with van der Waals surface area (Å²) in [5.41, 5.74) is 0.0908. The molecule has 2 saturated carbocycles. The number of ether oxygens (including phenoxy) is 1. The van der Waals surface area contributed by atoms with Gasteiger partial charge in [-0.2, -0.15) is 4.39 Å². The van der Waals surface area contributed by atoms with Crippen molar-refractivity contribution in [2.24, 2.45) is 11.8 Å². The first kappa shape index (κ1) is 21.6. The third kappa shape index (κ3) is 4.89. The molecule has 2 aliphatic carbocycles. The largest absolute Gasteiger partial charge is 0.484 e. The third-order valence-corrected chi connectivity index (χ3v) is 7.34. The average Bonchev–Trinajstić information content (AvgIpc) is 2.74. The van der Waals surface area contributed by atoms with Crippen molar-refractivity contribution in [3.63, 3.8) is 0 Å². The first-order valence-corrected chi connectivity index (χ1v) is 11.7. The summed E-state index contributed by atoms with van der Waals surface area (Å²) in [5.74, 6) is -0.488. The molecule has 2 fully saturated rings. The van der Waals surface area contributed by atoms with Crippen molar-refractivity contribution in [2.45, 2.75) is 109 Å². The van der Waals surface area contributed by atoms with Gasteiger partial charge in [-0.25, -0.2) is 4.39 Å². The third-order valence-electron chi connectivity index (χ3n) is 7.34. The number of hydrogen-bond acceptors (Lipinski definition) is 1. The molecule has 1 aromatic carbocycles. The minimum Gasteiger partial charge on any atom is -0.484 e. The summed E-state index contributed by atoms with van der Waals surface area (Å²) in [6.07, 6.45) is 15.7. The number of hydrogen-bond donors (Lipinski definition) is 0. The van der Waals surface area contributed by atoms with Crippen LogP contribution < -0.4 is 4.74 Å². The molecule has 158 valence electrons. The zero-order chi connectivity index (χ0) is 20.0. The second-order valence-corrected chi connectivity index (χ2v) is 9.26. The van der Waals surface area contributed by atoms with E-state index in [1.807, 2.05) is 0 Å². The molecule has 3 rings (SSSR count). The molecule has 0 atom stereocenters. The lowest BCUT2D eigenvalue weighted by atomic mass is 9.67. The molecule has 0 heterocycles. The Hall–Kier alpha value is -1.12. The van der Waals surface area contributed by atoms with Crippen molar-refractivity contribution in [1.82, 2.24) is 0 Å². The zero-order valence-electron chi connectivity index (χ0n) is 17.9. The van der Waals surface area contributed by atoms with E-state index < -0.39 is 17.2 Å². The van der Waals surface area contributed by atoms with Gasteiger partial charge >= 0.3 is 0 Å². The summed E-state index contributed by atoms with van der Waals surface area (Å²) in [6.45, 7) is 4.30. The Morgan fingerprint density at radius 3 is 1.96 bits per heavy atom. The topological polar surface area (TPSA) is 9.23 Å². The SMILES string of the molecule is CCCCCc1ccc(OC(C)(C2CCCCC2)C2CCCCC2)c(F)c1F. The number of benzene rings is 1. The number of halogens is 2. The molecule has 0 unspecified atom stereocenters. The van der Waals surface area contributed by atoms with Gasteiger partial charge in [-0.3, -0.25) is 0 Å². The van der Waals surface area contributed by atoms with E-state index in [0.29, 0.717) is 23.8 Å². The predicted octanol–water partition coefficient (Wildman–Crippen LogP) is 8.00. The van der Waals surface area contributed by atoms with Gasteiger partial charge in [0.2, 0.25) is 5.82 Å². The van der Waals surface area contributed by atoms with E-state index in [-0.39, 0.29) is 5.75 Å². The van der Waals surface area contributed by atoms with E-state index in [4.69, 9.17) is 4.74 Å². The van der Waals surface area contributed by atoms with Crippen LogP contribution in [0.2, 0.25) is 0 Å². The summed E-state index contributed by atoms with van der Waals surface area (Å²) in [7, 11) is 0. The first-order valence-electron chi connectivity index (χ1n) is 11.7. The lowest BCUT2D eigenvalue weighted by Crippen LogP contribution is -2.49. The number of unbranched alkanes of at least 4 members (excludes halogenated alkanes) is 2. The highest BCUT2D eigenvalue weighted by atomic mass is 19.2. The minimum absolute atomic E-state index is 0.121. The van der Waals surface area contributed by atoms with Gasteiger partial charge in [0.25, 0.3) is 0 Å². The van der Waals surface area contributed by atoms with Gasteiger partial charge in [-0.05, 0) is 68.9 Å². The van der Waals surface area contributed by atoms with Crippen LogP contribution in [-0.4, -0.2) is 5.60 Å². The minimum atomic E-state index is -0.785. The summed E-state index contributed by atoms with van der Waals surface area (Å²) < 4.78 is 36.1. The van der Waals surface area contributed by atoms with Gasteiger partial charge < -0.3 is 4.74 Å². The van der Waals surface area contributed by atoms with Crippen molar-refractivity contribution < 1.29 is 13.5 Å². The van der Waals surface area contributed by atoms with Gasteiger partial charge in [0, 0.05) is 0 Å². The van der Waals surface area contributed by atoms with Crippen molar-refractivity contribution in [1.29, 1.82) is 0 Å². The monoisotopic (exact) mass is 392 g/mol. The Kier molecular flexibility index (Phi) is 7.77. The number of rotatable bonds is 8. The van der Waals surface area contributed by atoms with Gasteiger partial charge in [-0.1, -0.05) is 64.4 Å². The smallest absolute Gasteiger partial charge is 0.200 e. The van der Waals surface area contributed by atoms with E-state index in [0.717, 1.165) is 44.9 Å². The Morgan fingerprint density at radius 1 is 0.857 bits per heavy atom. The van der Waals surface area contributed by atoms with E-state index in [1.54, 1.807) is 12.1 Å². The second-order valence-electron chi connectivity index (χ2n) is 9.26. The Labute approximate surface area is 170 Å². The second kappa shape index (κ2) is 10.1. The normalized spacial score (nSPS) is 19.7. The van der Waals surface area contributed by atoms with Gasteiger partial charge in [0.05, 0.1) is 0 Å². The van der Waals surface area contributed by atoms with Crippen LogP contribution in [0.25, 0.3) is 0 Å². The maximum Gasteiger partial charge on any atom is 0.200 e. The fraction of sp³-hybridized carbons (Fsp3) is 0.760. The maximum absolute atomic E-state index is 14.9. The average molecular weight is 393 g/mol. The van der Waals surface area contributed by atoms with Crippen molar-refractivity contribution >= 4 is 0 Å². The predicted molar refractivity (Wildman–Crippen MR) is 112 cm³/mol. The Balaban J connectivity index is 1.82. The van der Waals surface area contributed by atoms with Crippen molar-refractivity contribution in [2.75, 3.05) is 0 Å². The Morgan fingerprint density at radius 2 is 1.43 bits per heavy atom. The van der Waals surface area contributed by atoms with Crippen LogP contribution in [-0.2, 0) is 6.42 Å². The van der Waals surface area contributed by atoms with E-state index in [1.165, 1.54) is 38.5 Å². The van der Waals surface area contributed by atoms with Crippen LogP contribution in [0.3, 0.4) is 0 Å². The quantitative estimate of drug-likeness (QED) is 0.407. The van der Waals surface area contributed by atoms with Crippen LogP contribution >= 0.6 is 0 Å². The molecule has 1 nitrogen and oxygen atoms in total. The van der Waals surface area contributed by atoms with Crippen molar-refractivity contribution in [3.05, 3.63) is 29.3 Å². The maximum atomic E-state index is 14.9. The number of aryl methyl sites for hydroxylation is 1.